The molecule has 0 saturated heterocycles. The van der Waals surface area contributed by atoms with Crippen LogP contribution in [0.2, 0.25) is 0 Å². The van der Waals surface area contributed by atoms with Gasteiger partial charge in [-0.25, -0.2) is 0 Å². The van der Waals surface area contributed by atoms with Gasteiger partial charge in [0.1, 0.15) is 0 Å². The highest BCUT2D eigenvalue weighted by Gasteiger charge is 2.67. The van der Waals surface area contributed by atoms with Crippen LogP contribution in [0, 0.1) is 34.5 Å². The third-order valence-corrected chi connectivity index (χ3v) is 6.70. The van der Waals surface area contributed by atoms with Gasteiger partial charge in [0.15, 0.2) is 0 Å². The molecule has 0 aliphatic heterocycles. The van der Waals surface area contributed by atoms with Crippen molar-refractivity contribution in [2.24, 2.45) is 40.2 Å². The molecule has 17 heavy (non-hydrogen) atoms. The van der Waals surface area contributed by atoms with Crippen LogP contribution < -0.4 is 5.73 Å². The molecule has 2 rings (SSSR count). The average molecular weight is 237 g/mol. The van der Waals surface area contributed by atoms with Crippen molar-refractivity contribution < 1.29 is 0 Å². The van der Waals surface area contributed by atoms with E-state index in [2.05, 4.69) is 41.5 Å². The Labute approximate surface area is 108 Å². The molecule has 0 bridgehead atoms. The second-order valence-corrected chi connectivity index (χ2v) is 8.03. The molecule has 100 valence electrons. The van der Waals surface area contributed by atoms with Gasteiger partial charge in [-0.2, -0.15) is 0 Å². The third kappa shape index (κ3) is 1.95. The zero-order valence-corrected chi connectivity index (χ0v) is 12.6. The van der Waals surface area contributed by atoms with Crippen molar-refractivity contribution in [3.05, 3.63) is 0 Å². The zero-order valence-electron chi connectivity index (χ0n) is 12.6. The summed E-state index contributed by atoms with van der Waals surface area (Å²) < 4.78 is 0. The lowest BCUT2D eigenvalue weighted by Gasteiger charge is -2.36. The molecule has 1 nitrogen and oxygen atoms in total. The summed E-state index contributed by atoms with van der Waals surface area (Å²) in [5.74, 6) is 3.26. The Morgan fingerprint density at radius 1 is 0.941 bits per heavy atom. The van der Waals surface area contributed by atoms with Crippen LogP contribution in [0.3, 0.4) is 0 Å². The summed E-state index contributed by atoms with van der Waals surface area (Å²) >= 11 is 0. The Balaban J connectivity index is 2.01. The van der Waals surface area contributed by atoms with Crippen molar-refractivity contribution in [3.8, 4) is 0 Å². The van der Waals surface area contributed by atoms with Gasteiger partial charge in [-0.15, -0.1) is 0 Å². The van der Waals surface area contributed by atoms with Crippen LogP contribution in [0.1, 0.15) is 60.8 Å². The molecule has 0 aromatic heterocycles. The first-order chi connectivity index (χ1) is 7.69. The van der Waals surface area contributed by atoms with Gasteiger partial charge in [-0.3, -0.25) is 0 Å². The molecule has 0 amide bonds. The Morgan fingerprint density at radius 2 is 1.47 bits per heavy atom. The number of hydrogen-bond donors (Lipinski definition) is 1. The monoisotopic (exact) mass is 237 g/mol. The van der Waals surface area contributed by atoms with Gasteiger partial charge < -0.3 is 5.73 Å². The highest BCUT2D eigenvalue weighted by Crippen LogP contribution is 2.70. The smallest absolute Gasteiger partial charge is 0.0106 e. The van der Waals surface area contributed by atoms with Gasteiger partial charge >= 0.3 is 0 Å². The third-order valence-electron chi connectivity index (χ3n) is 6.70. The second-order valence-electron chi connectivity index (χ2n) is 8.03. The molecule has 2 aliphatic carbocycles. The van der Waals surface area contributed by atoms with E-state index >= 15 is 0 Å². The molecule has 0 heterocycles. The van der Waals surface area contributed by atoms with Crippen molar-refractivity contribution in [2.75, 3.05) is 0 Å². The van der Waals surface area contributed by atoms with Crippen molar-refractivity contribution in [1.82, 2.24) is 0 Å². The van der Waals surface area contributed by atoms with Crippen LogP contribution in [-0.4, -0.2) is 6.04 Å². The van der Waals surface area contributed by atoms with Gasteiger partial charge in [0.25, 0.3) is 0 Å². The van der Waals surface area contributed by atoms with E-state index in [4.69, 9.17) is 5.73 Å². The van der Waals surface area contributed by atoms with E-state index in [1.165, 1.54) is 19.3 Å². The van der Waals surface area contributed by atoms with Gasteiger partial charge in [-0.05, 0) is 47.3 Å². The summed E-state index contributed by atoms with van der Waals surface area (Å²) in [4.78, 5) is 0. The van der Waals surface area contributed by atoms with Gasteiger partial charge in [0.2, 0.25) is 0 Å². The van der Waals surface area contributed by atoms with Gasteiger partial charge in [-0.1, -0.05) is 48.0 Å². The maximum atomic E-state index is 6.61. The summed E-state index contributed by atoms with van der Waals surface area (Å²) in [6.45, 7) is 14.4. The van der Waals surface area contributed by atoms with E-state index in [0.29, 0.717) is 16.9 Å². The minimum Gasteiger partial charge on any atom is -0.327 e. The quantitative estimate of drug-likeness (QED) is 0.770. The van der Waals surface area contributed by atoms with Gasteiger partial charge in [0, 0.05) is 6.04 Å². The highest BCUT2D eigenvalue weighted by atomic mass is 14.8. The summed E-state index contributed by atoms with van der Waals surface area (Å²) in [7, 11) is 0. The lowest BCUT2D eigenvalue weighted by atomic mass is 9.72. The lowest BCUT2D eigenvalue weighted by Crippen LogP contribution is -2.38. The van der Waals surface area contributed by atoms with Crippen LogP contribution in [0.5, 0.6) is 0 Å². The van der Waals surface area contributed by atoms with E-state index < -0.39 is 0 Å². The van der Waals surface area contributed by atoms with Crippen LogP contribution in [-0.2, 0) is 0 Å². The van der Waals surface area contributed by atoms with Crippen LogP contribution in [0.4, 0.5) is 0 Å². The minimum absolute atomic E-state index is 0.426. The van der Waals surface area contributed by atoms with Gasteiger partial charge in [0.05, 0.1) is 0 Å². The fraction of sp³-hybridized carbons (Fsp3) is 1.00. The Bertz CT molecular complexity index is 278. The van der Waals surface area contributed by atoms with Crippen LogP contribution in [0.15, 0.2) is 0 Å². The first-order valence-electron chi connectivity index (χ1n) is 7.45. The SMILES string of the molecule is CC1CCC(C(N)C2C(C)(C)C2(C)C)CC1C. The first-order valence-corrected chi connectivity index (χ1v) is 7.45. The molecule has 0 aromatic carbocycles. The predicted octanol–water partition coefficient (Wildman–Crippen LogP) is 4.07. The lowest BCUT2D eigenvalue weighted by molar-refractivity contribution is 0.169. The highest BCUT2D eigenvalue weighted by molar-refractivity contribution is 5.16. The maximum Gasteiger partial charge on any atom is 0.0106 e. The molecule has 1 heteroatoms. The predicted molar refractivity (Wildman–Crippen MR) is 74.7 cm³/mol. The molecular formula is C16H31N. The van der Waals surface area contributed by atoms with E-state index in [1.54, 1.807) is 0 Å². The molecule has 0 spiro atoms. The molecule has 4 unspecified atom stereocenters. The Hall–Kier alpha value is -0.0400. The van der Waals surface area contributed by atoms with Crippen LogP contribution in [0.25, 0.3) is 0 Å². The number of nitrogens with two attached hydrogens (primary N) is 1. The van der Waals surface area contributed by atoms with Crippen molar-refractivity contribution in [3.63, 3.8) is 0 Å². The maximum absolute atomic E-state index is 6.61. The second kappa shape index (κ2) is 3.98. The Kier molecular flexibility index (Phi) is 3.14. The number of rotatable bonds is 2. The molecule has 0 radical (unpaired) electrons. The summed E-state index contributed by atoms with van der Waals surface area (Å²) in [6, 6.07) is 0.426. The molecule has 2 aliphatic rings. The van der Waals surface area contributed by atoms with Crippen molar-refractivity contribution >= 4 is 0 Å². The largest absolute Gasteiger partial charge is 0.327 e. The molecule has 2 fully saturated rings. The van der Waals surface area contributed by atoms with Crippen molar-refractivity contribution in [2.45, 2.75) is 66.8 Å². The molecule has 2 N–H and O–H groups in total. The Morgan fingerprint density at radius 3 is 1.88 bits per heavy atom. The van der Waals surface area contributed by atoms with E-state index in [9.17, 15) is 0 Å². The summed E-state index contributed by atoms with van der Waals surface area (Å²) in [5, 5.41) is 0. The molecule has 2 saturated carbocycles. The number of hydrogen-bond acceptors (Lipinski definition) is 1. The fourth-order valence-corrected chi connectivity index (χ4v) is 4.42. The first kappa shape index (κ1) is 13.4. The van der Waals surface area contributed by atoms with E-state index in [-0.39, 0.29) is 0 Å². The average Bonchev–Trinajstić information content (AvgIpc) is 2.61. The van der Waals surface area contributed by atoms with E-state index in [1.807, 2.05) is 0 Å². The zero-order chi connectivity index (χ0) is 13.0. The van der Waals surface area contributed by atoms with E-state index in [0.717, 1.165) is 23.7 Å². The molecule has 0 aromatic rings. The molecule has 4 atom stereocenters. The topological polar surface area (TPSA) is 26.0 Å². The summed E-state index contributed by atoms with van der Waals surface area (Å²) in [6.07, 6.45) is 4.09. The molecular weight excluding hydrogens is 206 g/mol. The fourth-order valence-electron chi connectivity index (χ4n) is 4.42. The van der Waals surface area contributed by atoms with Crippen LogP contribution >= 0.6 is 0 Å². The van der Waals surface area contributed by atoms with Crippen molar-refractivity contribution in [1.29, 1.82) is 0 Å². The minimum atomic E-state index is 0.426. The standard InChI is InChI=1S/C16H31N/c1-10-7-8-12(9-11(10)2)13(17)14-15(3,4)16(14,5)6/h10-14H,7-9,17H2,1-6H3. The summed E-state index contributed by atoms with van der Waals surface area (Å²) in [5.41, 5.74) is 7.50. The normalized spacial score (nSPS) is 42.2.